The van der Waals surface area contributed by atoms with Gasteiger partial charge in [0.1, 0.15) is 18.1 Å². The van der Waals surface area contributed by atoms with Crippen molar-refractivity contribution in [2.75, 3.05) is 11.4 Å². The van der Waals surface area contributed by atoms with Gasteiger partial charge in [-0.05, 0) is 53.3 Å². The monoisotopic (exact) mass is 465 g/mol. The molecule has 0 radical (unpaired) electrons. The van der Waals surface area contributed by atoms with Crippen molar-refractivity contribution in [1.29, 1.82) is 0 Å². The van der Waals surface area contributed by atoms with E-state index in [1.54, 1.807) is 0 Å². The molecule has 1 aromatic heterocycles. The van der Waals surface area contributed by atoms with Gasteiger partial charge < -0.3 is 9.64 Å². The van der Waals surface area contributed by atoms with E-state index in [1.807, 2.05) is 42.5 Å². The molecule has 3 aromatic rings. The molecular weight excluding hydrogens is 446 g/mol. The lowest BCUT2D eigenvalue weighted by atomic mass is 10.1. The van der Waals surface area contributed by atoms with Gasteiger partial charge in [0.05, 0.1) is 0 Å². The normalized spacial score (nSPS) is 13.0. The Labute approximate surface area is 182 Å². The molecule has 30 heavy (non-hydrogen) atoms. The number of hydrogen-bond acceptors (Lipinski definition) is 8. The van der Waals surface area contributed by atoms with Gasteiger partial charge in [0.2, 0.25) is 6.17 Å². The lowest BCUT2D eigenvalue weighted by molar-refractivity contribution is 0.302. The molecule has 1 aliphatic rings. The van der Waals surface area contributed by atoms with Crippen LogP contribution in [0.2, 0.25) is 0 Å². The van der Waals surface area contributed by atoms with Crippen LogP contribution in [0.15, 0.2) is 85.8 Å². The number of rotatable bonds is 8. The Morgan fingerprint density at radius 1 is 0.967 bits per heavy atom. The van der Waals surface area contributed by atoms with Crippen molar-refractivity contribution in [3.05, 3.63) is 82.0 Å². The first-order valence-electron chi connectivity index (χ1n) is 9.56. The van der Waals surface area contributed by atoms with Gasteiger partial charge in [-0.15, -0.1) is 20.4 Å². The first kappa shape index (κ1) is 20.1. The van der Waals surface area contributed by atoms with Crippen molar-refractivity contribution >= 4 is 21.7 Å². The summed E-state index contributed by atoms with van der Waals surface area (Å²) in [5.74, 6) is 1.61. The summed E-state index contributed by atoms with van der Waals surface area (Å²) in [5, 5.41) is 23.4. The molecule has 0 spiro atoms. The highest BCUT2D eigenvalue weighted by Gasteiger charge is 2.17. The fourth-order valence-electron chi connectivity index (χ4n) is 3.04. The second-order valence-corrected chi connectivity index (χ2v) is 7.56. The van der Waals surface area contributed by atoms with E-state index in [4.69, 9.17) is 4.74 Å². The molecule has 0 atom stereocenters. The maximum Gasteiger partial charge on any atom is 0.228 e. The van der Waals surface area contributed by atoms with E-state index in [1.165, 1.54) is 0 Å². The van der Waals surface area contributed by atoms with Crippen LogP contribution in [0.3, 0.4) is 0 Å². The van der Waals surface area contributed by atoms with Crippen LogP contribution in [0.1, 0.15) is 29.9 Å². The molecular formula is C21H20BrN7O. The average Bonchev–Trinajstić information content (AvgIpc) is 3.33. The second kappa shape index (κ2) is 9.53. The third kappa shape index (κ3) is 4.85. The van der Waals surface area contributed by atoms with E-state index >= 15 is 0 Å². The summed E-state index contributed by atoms with van der Waals surface area (Å²) in [6, 6.07) is 19.9. The van der Waals surface area contributed by atoms with Crippen LogP contribution in [0, 0.1) is 0 Å². The van der Waals surface area contributed by atoms with Crippen molar-refractivity contribution < 1.29 is 4.74 Å². The molecule has 152 valence electrons. The molecule has 2 aromatic carbocycles. The summed E-state index contributed by atoms with van der Waals surface area (Å²) in [6.45, 7) is 4.00. The van der Waals surface area contributed by atoms with Crippen LogP contribution in [-0.2, 0) is 13.2 Å². The van der Waals surface area contributed by atoms with E-state index in [0.29, 0.717) is 18.8 Å². The third-order valence-electron chi connectivity index (χ3n) is 4.62. The lowest BCUT2D eigenvalue weighted by Crippen LogP contribution is -2.24. The van der Waals surface area contributed by atoms with Gasteiger partial charge in [-0.2, -0.15) is 0 Å². The predicted octanol–water partition coefficient (Wildman–Crippen LogP) is 5.68. The van der Waals surface area contributed by atoms with E-state index in [9.17, 15) is 0 Å². The van der Waals surface area contributed by atoms with Crippen LogP contribution in [0.5, 0.6) is 5.75 Å². The van der Waals surface area contributed by atoms with Crippen molar-refractivity contribution in [2.24, 2.45) is 20.7 Å². The zero-order valence-corrected chi connectivity index (χ0v) is 18.0. The summed E-state index contributed by atoms with van der Waals surface area (Å²) < 4.78 is 7.12. The van der Waals surface area contributed by atoms with Crippen molar-refractivity contribution in [3.8, 4) is 5.75 Å². The SMILES string of the molecule is CCN(Cc1cc(Br)ccc1OCc1ccccc1)c1ccc(C2N=NN=N2)nn1. The zero-order chi connectivity index (χ0) is 20.8. The predicted molar refractivity (Wildman–Crippen MR) is 116 cm³/mol. The number of ether oxygens (including phenoxy) is 1. The quantitative estimate of drug-likeness (QED) is 0.428. The minimum absolute atomic E-state index is 0.496. The maximum absolute atomic E-state index is 6.12. The topological polar surface area (TPSA) is 87.7 Å². The minimum atomic E-state index is -0.496. The molecule has 0 N–H and O–H groups in total. The number of benzene rings is 2. The third-order valence-corrected chi connectivity index (χ3v) is 5.12. The smallest absolute Gasteiger partial charge is 0.228 e. The molecule has 0 fully saturated rings. The van der Waals surface area contributed by atoms with Crippen molar-refractivity contribution in [1.82, 2.24) is 10.2 Å². The molecule has 0 aliphatic carbocycles. The summed E-state index contributed by atoms with van der Waals surface area (Å²) in [7, 11) is 0. The molecule has 0 bridgehead atoms. The van der Waals surface area contributed by atoms with Crippen molar-refractivity contribution in [2.45, 2.75) is 26.2 Å². The molecule has 0 saturated heterocycles. The number of halogens is 1. The molecule has 0 amide bonds. The lowest BCUT2D eigenvalue weighted by Gasteiger charge is -2.23. The van der Waals surface area contributed by atoms with E-state index in [-0.39, 0.29) is 0 Å². The van der Waals surface area contributed by atoms with Crippen LogP contribution < -0.4 is 9.64 Å². The fraction of sp³-hybridized carbons (Fsp3) is 0.238. The molecule has 0 saturated carbocycles. The van der Waals surface area contributed by atoms with Crippen LogP contribution >= 0.6 is 15.9 Å². The highest BCUT2D eigenvalue weighted by atomic mass is 79.9. The van der Waals surface area contributed by atoms with Crippen LogP contribution in [-0.4, -0.2) is 16.7 Å². The van der Waals surface area contributed by atoms with E-state index in [2.05, 4.69) is 76.8 Å². The van der Waals surface area contributed by atoms with Gasteiger partial charge in [-0.1, -0.05) is 46.3 Å². The standard InChI is InChI=1S/C21H20BrN7O/c1-2-29(20-11-9-18(23-24-20)21-25-27-28-26-21)13-16-12-17(22)8-10-19(16)30-14-15-6-4-3-5-7-15/h3-12,21H,2,13-14H2,1H3. The van der Waals surface area contributed by atoms with Gasteiger partial charge in [-0.3, -0.25) is 0 Å². The molecule has 1 aliphatic heterocycles. The summed E-state index contributed by atoms with van der Waals surface area (Å²) in [6.07, 6.45) is -0.496. The van der Waals surface area contributed by atoms with Crippen LogP contribution in [0.25, 0.3) is 0 Å². The molecule has 8 nitrogen and oxygen atoms in total. The molecule has 2 heterocycles. The first-order valence-corrected chi connectivity index (χ1v) is 10.4. The molecule has 0 unspecified atom stereocenters. The summed E-state index contributed by atoms with van der Waals surface area (Å²) in [4.78, 5) is 2.13. The Kier molecular flexibility index (Phi) is 6.38. The Morgan fingerprint density at radius 3 is 2.47 bits per heavy atom. The average molecular weight is 466 g/mol. The Hall–Kier alpha value is -3.20. The summed E-state index contributed by atoms with van der Waals surface area (Å²) in [5.41, 5.74) is 2.81. The fourth-order valence-corrected chi connectivity index (χ4v) is 3.44. The van der Waals surface area contributed by atoms with Crippen LogP contribution in [0.4, 0.5) is 5.82 Å². The second-order valence-electron chi connectivity index (χ2n) is 6.64. The van der Waals surface area contributed by atoms with Gasteiger partial charge in [0, 0.05) is 23.1 Å². The highest BCUT2D eigenvalue weighted by Crippen LogP contribution is 2.28. The highest BCUT2D eigenvalue weighted by molar-refractivity contribution is 9.10. The van der Waals surface area contributed by atoms with E-state index < -0.39 is 6.17 Å². The first-order chi connectivity index (χ1) is 14.7. The molecule has 9 heteroatoms. The number of aromatic nitrogens is 2. The van der Waals surface area contributed by atoms with E-state index in [0.717, 1.165) is 33.7 Å². The van der Waals surface area contributed by atoms with Gasteiger partial charge in [0.25, 0.3) is 0 Å². The minimum Gasteiger partial charge on any atom is -0.489 e. The van der Waals surface area contributed by atoms with Gasteiger partial charge >= 0.3 is 0 Å². The maximum atomic E-state index is 6.12. The molecule has 4 rings (SSSR count). The number of nitrogens with zero attached hydrogens (tertiary/aromatic N) is 7. The Bertz CT molecular complexity index is 1030. The van der Waals surface area contributed by atoms with Gasteiger partial charge in [0.15, 0.2) is 5.82 Å². The zero-order valence-electron chi connectivity index (χ0n) is 16.4. The summed E-state index contributed by atoms with van der Waals surface area (Å²) >= 11 is 3.57. The number of hydrogen-bond donors (Lipinski definition) is 0. The Balaban J connectivity index is 1.50. The number of anilines is 1. The largest absolute Gasteiger partial charge is 0.489 e. The van der Waals surface area contributed by atoms with Crippen molar-refractivity contribution in [3.63, 3.8) is 0 Å². The van der Waals surface area contributed by atoms with Gasteiger partial charge in [-0.25, -0.2) is 0 Å². The Morgan fingerprint density at radius 2 is 1.77 bits per heavy atom.